The van der Waals surface area contributed by atoms with E-state index < -0.39 is 51.4 Å². The number of benzene rings is 8. The van der Waals surface area contributed by atoms with Crippen molar-refractivity contribution in [3.63, 3.8) is 0 Å². The molecule has 0 spiro atoms. The zero-order chi connectivity index (χ0) is 37.5. The molecule has 0 atom stereocenters. The lowest BCUT2D eigenvalue weighted by Gasteiger charge is -2.24. The first-order valence-electron chi connectivity index (χ1n) is 17.2. The van der Waals surface area contributed by atoms with Gasteiger partial charge in [0, 0.05) is 48.9 Å². The van der Waals surface area contributed by atoms with Crippen LogP contribution in [-0.2, 0) is 5.41 Å². The molecule has 9 nitrogen and oxygen atoms in total. The average Bonchev–Trinajstić information content (AvgIpc) is 3.65. The Bertz CT molecular complexity index is 3090. The minimum atomic E-state index is -1.02. The first-order valence-corrected chi connectivity index (χ1v) is 17.2. The zero-order valence-electron chi connectivity index (χ0n) is 28.7. The number of rotatable bonds is 2. The van der Waals surface area contributed by atoms with Crippen molar-refractivity contribution in [1.29, 1.82) is 0 Å². The number of fused-ring (bicyclic) bond motifs is 9. The molecular formula is C45H30O9. The van der Waals surface area contributed by atoms with Gasteiger partial charge in [0.1, 0.15) is 11.2 Å². The number of phenolic OH excluding ortho intramolecular Hbond substituents is 8. The summed E-state index contributed by atoms with van der Waals surface area (Å²) in [5.41, 5.74) is 5.29. The Kier molecular flexibility index (Phi) is 6.07. The maximum absolute atomic E-state index is 11.7. The Morgan fingerprint density at radius 2 is 0.870 bits per heavy atom. The fraction of sp³-hybridized carbons (Fsp3) is 0.0667. The Labute approximate surface area is 305 Å². The molecule has 0 amide bonds. The quantitative estimate of drug-likeness (QED) is 0.0492. The van der Waals surface area contributed by atoms with Crippen LogP contribution in [0.4, 0.5) is 0 Å². The van der Waals surface area contributed by atoms with Crippen LogP contribution >= 0.6 is 0 Å². The molecule has 0 unspecified atom stereocenters. The summed E-state index contributed by atoms with van der Waals surface area (Å²) in [6.07, 6.45) is 0. The number of phenols is 8. The van der Waals surface area contributed by atoms with Gasteiger partial charge in [-0.3, -0.25) is 0 Å². The lowest BCUT2D eigenvalue weighted by molar-refractivity contribution is 0.350. The fourth-order valence-corrected chi connectivity index (χ4v) is 8.67. The van der Waals surface area contributed by atoms with Crippen molar-refractivity contribution in [2.75, 3.05) is 0 Å². The molecule has 0 aliphatic heterocycles. The van der Waals surface area contributed by atoms with E-state index in [0.29, 0.717) is 27.7 Å². The van der Waals surface area contributed by atoms with Crippen molar-refractivity contribution in [3.8, 4) is 79.4 Å². The summed E-state index contributed by atoms with van der Waals surface area (Å²) in [4.78, 5) is 0. The highest BCUT2D eigenvalue weighted by Gasteiger charge is 2.37. The van der Waals surface area contributed by atoms with E-state index in [0.717, 1.165) is 38.4 Å². The molecule has 264 valence electrons. The molecule has 9 heteroatoms. The van der Waals surface area contributed by atoms with Crippen LogP contribution in [0.1, 0.15) is 25.0 Å². The zero-order valence-corrected chi connectivity index (χ0v) is 28.7. The lowest BCUT2D eigenvalue weighted by Crippen LogP contribution is -2.14. The molecule has 1 aromatic heterocycles. The van der Waals surface area contributed by atoms with Gasteiger partial charge < -0.3 is 45.3 Å². The second-order valence-corrected chi connectivity index (χ2v) is 14.5. The molecule has 0 bridgehead atoms. The molecule has 10 rings (SSSR count). The molecule has 1 aliphatic rings. The van der Waals surface area contributed by atoms with Gasteiger partial charge in [-0.1, -0.05) is 80.6 Å². The van der Waals surface area contributed by atoms with Gasteiger partial charge in [0.2, 0.25) is 23.0 Å². The third-order valence-corrected chi connectivity index (χ3v) is 11.3. The third kappa shape index (κ3) is 3.87. The standard InChI is InChI=1S/C45H30O9/c1-45(2)27-10-6-5-9-23(27)24-13-11-22(17-28(24)45)32-35-33(37(46)41(50)43(52)39(35)48)31(34-36(32)40(49)44(53)42(51)38(34)47)21-12-14-29-25(16-21)26-15-19-7-3-4-8-20(19)18-30(26)54-29/h3-18,46-53H,1-2H3. The van der Waals surface area contributed by atoms with Crippen LogP contribution in [0.15, 0.2) is 101 Å². The van der Waals surface area contributed by atoms with Crippen molar-refractivity contribution >= 4 is 54.3 Å². The minimum absolute atomic E-state index is 0.00538. The monoisotopic (exact) mass is 714 g/mol. The van der Waals surface area contributed by atoms with Gasteiger partial charge in [0.25, 0.3) is 0 Å². The SMILES string of the molecule is CC1(C)c2ccccc2-c2ccc(-c3c4c(O)c(O)c(O)c(O)c4c(-c4ccc5oc6cc7ccccc7cc6c5c4)c4c(O)c(O)c(O)c(O)c34)cc21. The van der Waals surface area contributed by atoms with E-state index in [1.165, 1.54) is 0 Å². The summed E-state index contributed by atoms with van der Waals surface area (Å²) in [6.45, 7) is 4.14. The number of hydrogen-bond acceptors (Lipinski definition) is 9. The smallest absolute Gasteiger partial charge is 0.204 e. The topological polar surface area (TPSA) is 175 Å². The second-order valence-electron chi connectivity index (χ2n) is 14.5. The maximum Gasteiger partial charge on any atom is 0.204 e. The van der Waals surface area contributed by atoms with Crippen molar-refractivity contribution < 1.29 is 45.3 Å². The van der Waals surface area contributed by atoms with Gasteiger partial charge in [-0.25, -0.2) is 0 Å². The Balaban J connectivity index is 1.38. The lowest BCUT2D eigenvalue weighted by atomic mass is 9.80. The summed E-state index contributed by atoms with van der Waals surface area (Å²) in [5.74, 6) is -7.40. The first-order chi connectivity index (χ1) is 25.9. The number of hydrogen-bond donors (Lipinski definition) is 8. The first kappa shape index (κ1) is 31.5. The Hall–Kier alpha value is -7.26. The van der Waals surface area contributed by atoms with Gasteiger partial charge >= 0.3 is 0 Å². The fourth-order valence-electron chi connectivity index (χ4n) is 8.67. The van der Waals surface area contributed by atoms with E-state index in [-0.39, 0.29) is 32.7 Å². The minimum Gasteiger partial charge on any atom is -0.504 e. The van der Waals surface area contributed by atoms with Gasteiger partial charge in [0.15, 0.2) is 23.0 Å². The van der Waals surface area contributed by atoms with Crippen LogP contribution in [0, 0.1) is 0 Å². The van der Waals surface area contributed by atoms with Crippen molar-refractivity contribution in [1.82, 2.24) is 0 Å². The van der Waals surface area contributed by atoms with E-state index in [1.807, 2.05) is 72.8 Å². The number of furan rings is 1. The van der Waals surface area contributed by atoms with Crippen LogP contribution in [0.25, 0.3) is 87.6 Å². The second kappa shape index (κ2) is 10.4. The van der Waals surface area contributed by atoms with Crippen molar-refractivity contribution in [3.05, 3.63) is 108 Å². The largest absolute Gasteiger partial charge is 0.504 e. The summed E-state index contributed by atoms with van der Waals surface area (Å²) in [6, 6.07) is 30.3. The summed E-state index contributed by atoms with van der Waals surface area (Å²) >= 11 is 0. The molecule has 0 saturated heterocycles. The summed E-state index contributed by atoms with van der Waals surface area (Å²) in [5, 5.41) is 93.6. The van der Waals surface area contributed by atoms with E-state index in [4.69, 9.17) is 4.42 Å². The average molecular weight is 715 g/mol. The molecule has 0 radical (unpaired) electrons. The van der Waals surface area contributed by atoms with Gasteiger partial charge in [-0.15, -0.1) is 0 Å². The Morgan fingerprint density at radius 3 is 1.46 bits per heavy atom. The number of aromatic hydroxyl groups is 8. The van der Waals surface area contributed by atoms with E-state index in [2.05, 4.69) is 13.8 Å². The predicted octanol–water partition coefficient (Wildman–Crippen LogP) is 10.3. The molecule has 1 heterocycles. The van der Waals surface area contributed by atoms with Gasteiger partial charge in [-0.05, 0) is 74.5 Å². The summed E-state index contributed by atoms with van der Waals surface area (Å²) < 4.78 is 6.21. The summed E-state index contributed by atoms with van der Waals surface area (Å²) in [7, 11) is 0. The highest BCUT2D eigenvalue weighted by Crippen LogP contribution is 2.62. The third-order valence-electron chi connectivity index (χ3n) is 11.3. The van der Waals surface area contributed by atoms with Gasteiger partial charge in [0.05, 0.1) is 0 Å². The molecule has 1 aliphatic carbocycles. The van der Waals surface area contributed by atoms with Crippen molar-refractivity contribution in [2.24, 2.45) is 0 Å². The molecule has 9 aromatic rings. The maximum atomic E-state index is 11.7. The predicted molar refractivity (Wildman–Crippen MR) is 208 cm³/mol. The van der Waals surface area contributed by atoms with Gasteiger partial charge in [-0.2, -0.15) is 0 Å². The molecule has 54 heavy (non-hydrogen) atoms. The van der Waals surface area contributed by atoms with Crippen LogP contribution in [0.5, 0.6) is 46.0 Å². The molecule has 8 aromatic carbocycles. The van der Waals surface area contributed by atoms with Crippen LogP contribution in [0.3, 0.4) is 0 Å². The van der Waals surface area contributed by atoms with Crippen molar-refractivity contribution in [2.45, 2.75) is 19.3 Å². The van der Waals surface area contributed by atoms with Crippen LogP contribution < -0.4 is 0 Å². The molecule has 0 saturated carbocycles. The van der Waals surface area contributed by atoms with E-state index in [9.17, 15) is 40.9 Å². The highest BCUT2D eigenvalue weighted by molar-refractivity contribution is 6.29. The molecule has 8 N–H and O–H groups in total. The molecular weight excluding hydrogens is 684 g/mol. The molecule has 0 fully saturated rings. The normalized spacial score (nSPS) is 13.4. The van der Waals surface area contributed by atoms with E-state index in [1.54, 1.807) is 24.3 Å². The van der Waals surface area contributed by atoms with Crippen LogP contribution in [-0.4, -0.2) is 40.9 Å². The Morgan fingerprint density at radius 1 is 0.407 bits per heavy atom. The van der Waals surface area contributed by atoms with E-state index >= 15 is 0 Å². The van der Waals surface area contributed by atoms with Crippen LogP contribution in [0.2, 0.25) is 0 Å². The highest BCUT2D eigenvalue weighted by atomic mass is 16.4.